The van der Waals surface area contributed by atoms with Crippen LogP contribution in [0, 0.1) is 6.92 Å². The van der Waals surface area contributed by atoms with Gasteiger partial charge in [0.15, 0.2) is 0 Å². The maximum absolute atomic E-state index is 11.2. The summed E-state index contributed by atoms with van der Waals surface area (Å²) < 4.78 is 4.84. The van der Waals surface area contributed by atoms with E-state index >= 15 is 0 Å². The van der Waals surface area contributed by atoms with Gasteiger partial charge in [-0.3, -0.25) is 4.79 Å². The third-order valence-corrected chi connectivity index (χ3v) is 2.72. The molecule has 3 nitrogen and oxygen atoms in total. The molecule has 0 saturated heterocycles. The minimum absolute atomic E-state index is 0.174. The van der Waals surface area contributed by atoms with Gasteiger partial charge >= 0.3 is 5.97 Å². The smallest absolute Gasteiger partial charge is 0.307 e. The summed E-state index contributed by atoms with van der Waals surface area (Å²) in [5.41, 5.74) is 7.73. The van der Waals surface area contributed by atoms with Gasteiger partial charge in [0.25, 0.3) is 0 Å². The molecule has 1 aromatic rings. The van der Waals surface area contributed by atoms with Crippen molar-refractivity contribution in [1.82, 2.24) is 0 Å². The first kappa shape index (κ1) is 13.0. The fourth-order valence-corrected chi connectivity index (χ4v) is 1.55. The molecule has 1 rings (SSSR count). The summed E-state index contributed by atoms with van der Waals surface area (Å²) in [5, 5.41) is 0.664. The second-order valence-electron chi connectivity index (χ2n) is 3.62. The van der Waals surface area contributed by atoms with Crippen molar-refractivity contribution >= 4 is 17.6 Å². The van der Waals surface area contributed by atoms with Gasteiger partial charge in [0.05, 0.1) is 13.0 Å². The molecule has 0 fully saturated rings. The maximum atomic E-state index is 11.2. The number of ether oxygens (including phenoxy) is 1. The molecule has 0 aliphatic carbocycles. The van der Waals surface area contributed by atoms with Gasteiger partial charge in [0, 0.05) is 11.1 Å². The van der Waals surface area contributed by atoms with Crippen LogP contribution in [-0.2, 0) is 9.53 Å². The Bertz CT molecular complexity index is 379. The molecule has 0 saturated carbocycles. The number of carbonyl (C=O) groups is 1. The summed E-state index contributed by atoms with van der Waals surface area (Å²) in [4.78, 5) is 11.2. The summed E-state index contributed by atoms with van der Waals surface area (Å²) in [6.07, 6.45) is 0.174. The average Bonchev–Trinajstić information content (AvgIpc) is 2.22. The lowest BCUT2D eigenvalue weighted by Crippen LogP contribution is -2.17. The number of carbonyl (C=O) groups excluding carboxylic acids is 1. The second-order valence-corrected chi connectivity index (χ2v) is 4.03. The van der Waals surface area contributed by atoms with Crippen LogP contribution in [0.3, 0.4) is 0 Å². The molecule has 0 unspecified atom stereocenters. The Morgan fingerprint density at radius 2 is 2.25 bits per heavy atom. The highest BCUT2D eigenvalue weighted by Crippen LogP contribution is 2.22. The van der Waals surface area contributed by atoms with E-state index < -0.39 is 0 Å². The molecule has 0 heterocycles. The molecule has 0 bridgehead atoms. The Labute approximate surface area is 101 Å². The number of aryl methyl sites for hydroxylation is 1. The zero-order valence-corrected chi connectivity index (χ0v) is 10.3. The second kappa shape index (κ2) is 5.87. The Morgan fingerprint density at radius 1 is 1.56 bits per heavy atom. The van der Waals surface area contributed by atoms with Crippen molar-refractivity contribution in [2.45, 2.75) is 26.3 Å². The third kappa shape index (κ3) is 3.51. The molecule has 0 aliphatic rings. The Morgan fingerprint density at radius 3 is 2.81 bits per heavy atom. The molecule has 0 radical (unpaired) electrons. The molecular weight excluding hydrogens is 226 g/mol. The first-order valence-corrected chi connectivity index (χ1v) is 5.59. The van der Waals surface area contributed by atoms with Crippen molar-refractivity contribution in [3.8, 4) is 0 Å². The van der Waals surface area contributed by atoms with E-state index in [0.717, 1.165) is 11.1 Å². The molecule has 0 aromatic heterocycles. The fourth-order valence-electron chi connectivity index (χ4n) is 1.36. The van der Waals surface area contributed by atoms with E-state index in [9.17, 15) is 4.79 Å². The van der Waals surface area contributed by atoms with Crippen LogP contribution in [0.15, 0.2) is 18.2 Å². The minimum Gasteiger partial charge on any atom is -0.466 e. The van der Waals surface area contributed by atoms with Crippen LogP contribution < -0.4 is 5.73 Å². The summed E-state index contributed by atoms with van der Waals surface area (Å²) in [7, 11) is 0. The van der Waals surface area contributed by atoms with E-state index in [0.29, 0.717) is 11.6 Å². The van der Waals surface area contributed by atoms with Crippen LogP contribution in [0.1, 0.15) is 30.5 Å². The number of rotatable bonds is 4. The normalized spacial score (nSPS) is 12.2. The van der Waals surface area contributed by atoms with Crippen LogP contribution >= 0.6 is 11.6 Å². The standard InChI is InChI=1S/C12H16ClNO2/c1-3-16-12(15)7-11(14)9-5-4-8(2)10(13)6-9/h4-6,11H,3,7,14H2,1-2H3/t11-/m0/s1. The molecule has 1 aromatic carbocycles. The van der Waals surface area contributed by atoms with E-state index in [1.54, 1.807) is 13.0 Å². The quantitative estimate of drug-likeness (QED) is 0.825. The van der Waals surface area contributed by atoms with E-state index in [1.807, 2.05) is 19.1 Å². The number of hydrogen-bond acceptors (Lipinski definition) is 3. The zero-order valence-electron chi connectivity index (χ0n) is 9.50. The Kier molecular flexibility index (Phi) is 4.77. The highest BCUT2D eigenvalue weighted by Gasteiger charge is 2.13. The van der Waals surface area contributed by atoms with E-state index in [1.165, 1.54) is 0 Å². The number of nitrogens with two attached hydrogens (primary N) is 1. The van der Waals surface area contributed by atoms with Gasteiger partial charge in [0.1, 0.15) is 0 Å². The minimum atomic E-state index is -0.364. The number of hydrogen-bond donors (Lipinski definition) is 1. The molecule has 0 amide bonds. The lowest BCUT2D eigenvalue weighted by molar-refractivity contribution is -0.143. The van der Waals surface area contributed by atoms with Crippen molar-refractivity contribution in [1.29, 1.82) is 0 Å². The molecule has 4 heteroatoms. The monoisotopic (exact) mass is 241 g/mol. The molecule has 16 heavy (non-hydrogen) atoms. The first-order valence-electron chi connectivity index (χ1n) is 5.21. The van der Waals surface area contributed by atoms with E-state index in [4.69, 9.17) is 22.1 Å². The summed E-state index contributed by atoms with van der Waals surface area (Å²) in [6.45, 7) is 4.06. The predicted octanol–water partition coefficient (Wildman–Crippen LogP) is 2.60. The molecular formula is C12H16ClNO2. The zero-order chi connectivity index (χ0) is 12.1. The highest BCUT2D eigenvalue weighted by molar-refractivity contribution is 6.31. The van der Waals surface area contributed by atoms with Crippen LogP contribution in [0.5, 0.6) is 0 Å². The average molecular weight is 242 g/mol. The van der Waals surface area contributed by atoms with Gasteiger partial charge in [-0.05, 0) is 31.0 Å². The van der Waals surface area contributed by atoms with Gasteiger partial charge in [-0.25, -0.2) is 0 Å². The predicted molar refractivity (Wildman–Crippen MR) is 64.4 cm³/mol. The molecule has 0 aliphatic heterocycles. The Balaban J connectivity index is 2.69. The number of esters is 1. The maximum Gasteiger partial charge on any atom is 0.307 e. The molecule has 88 valence electrons. The van der Waals surface area contributed by atoms with Gasteiger partial charge in [-0.2, -0.15) is 0 Å². The van der Waals surface area contributed by atoms with Gasteiger partial charge < -0.3 is 10.5 Å². The van der Waals surface area contributed by atoms with E-state index in [-0.39, 0.29) is 18.4 Å². The van der Waals surface area contributed by atoms with Crippen LogP contribution in [0.4, 0.5) is 0 Å². The molecule has 2 N–H and O–H groups in total. The first-order chi connectivity index (χ1) is 7.54. The van der Waals surface area contributed by atoms with Crippen molar-refractivity contribution in [2.75, 3.05) is 6.61 Å². The van der Waals surface area contributed by atoms with Crippen molar-refractivity contribution in [3.05, 3.63) is 34.3 Å². The fraction of sp³-hybridized carbons (Fsp3) is 0.417. The van der Waals surface area contributed by atoms with Crippen LogP contribution in [0.2, 0.25) is 5.02 Å². The summed E-state index contributed by atoms with van der Waals surface area (Å²) in [5.74, 6) is -0.285. The topological polar surface area (TPSA) is 52.3 Å². The molecule has 0 spiro atoms. The lowest BCUT2D eigenvalue weighted by atomic mass is 10.0. The van der Waals surface area contributed by atoms with Crippen LogP contribution in [-0.4, -0.2) is 12.6 Å². The van der Waals surface area contributed by atoms with E-state index in [2.05, 4.69) is 0 Å². The highest BCUT2D eigenvalue weighted by atomic mass is 35.5. The van der Waals surface area contributed by atoms with Crippen molar-refractivity contribution in [3.63, 3.8) is 0 Å². The van der Waals surface area contributed by atoms with Crippen LogP contribution in [0.25, 0.3) is 0 Å². The number of benzene rings is 1. The lowest BCUT2D eigenvalue weighted by Gasteiger charge is -2.12. The number of halogens is 1. The SMILES string of the molecule is CCOC(=O)C[C@H](N)c1ccc(C)c(Cl)c1. The van der Waals surface area contributed by atoms with Crippen molar-refractivity contribution in [2.24, 2.45) is 5.73 Å². The van der Waals surface area contributed by atoms with Gasteiger partial charge in [0.2, 0.25) is 0 Å². The largest absolute Gasteiger partial charge is 0.466 e. The molecule has 1 atom stereocenters. The van der Waals surface area contributed by atoms with Gasteiger partial charge in [-0.15, -0.1) is 0 Å². The summed E-state index contributed by atoms with van der Waals surface area (Å²) >= 11 is 5.98. The summed E-state index contributed by atoms with van der Waals surface area (Å²) in [6, 6.07) is 5.20. The van der Waals surface area contributed by atoms with Gasteiger partial charge in [-0.1, -0.05) is 23.7 Å². The third-order valence-electron chi connectivity index (χ3n) is 2.32. The van der Waals surface area contributed by atoms with Crippen molar-refractivity contribution < 1.29 is 9.53 Å². The Hall–Kier alpha value is -1.06.